The van der Waals surface area contributed by atoms with Gasteiger partial charge in [0, 0.05) is 11.1 Å². The third kappa shape index (κ3) is 4.14. The summed E-state index contributed by atoms with van der Waals surface area (Å²) in [4.78, 5) is 12.3. The van der Waals surface area contributed by atoms with Crippen LogP contribution in [0.5, 0.6) is 11.5 Å². The molecule has 0 fully saturated rings. The van der Waals surface area contributed by atoms with E-state index >= 15 is 0 Å². The van der Waals surface area contributed by atoms with Crippen molar-refractivity contribution in [2.75, 3.05) is 6.61 Å². The van der Waals surface area contributed by atoms with Gasteiger partial charge in [-0.05, 0) is 44.2 Å². The van der Waals surface area contributed by atoms with Crippen LogP contribution in [-0.4, -0.2) is 33.5 Å². The van der Waals surface area contributed by atoms with E-state index in [9.17, 15) is 9.90 Å². The zero-order valence-corrected chi connectivity index (χ0v) is 15.1. The maximum absolute atomic E-state index is 12.3. The highest BCUT2D eigenvalue weighted by atomic mass is 16.5. The fourth-order valence-electron chi connectivity index (χ4n) is 2.57. The summed E-state index contributed by atoms with van der Waals surface area (Å²) in [5.41, 5.74) is 5.17. The number of carbonyl (C=O) groups excluding carboxylic acids is 1. The van der Waals surface area contributed by atoms with E-state index in [4.69, 9.17) is 4.74 Å². The maximum Gasteiger partial charge on any atom is 0.289 e. The Morgan fingerprint density at radius 1 is 1.22 bits per heavy atom. The number of benzene rings is 2. The molecule has 0 bridgehead atoms. The summed E-state index contributed by atoms with van der Waals surface area (Å²) in [5.74, 6) is 0.369. The molecule has 7 nitrogen and oxygen atoms in total. The number of phenols is 1. The molecule has 0 radical (unpaired) electrons. The van der Waals surface area contributed by atoms with Gasteiger partial charge in [0.05, 0.1) is 18.0 Å². The largest absolute Gasteiger partial charge is 0.507 e. The number of hydrogen-bond acceptors (Lipinski definition) is 5. The number of nitrogens with zero attached hydrogens (tertiary/aromatic N) is 2. The van der Waals surface area contributed by atoms with Gasteiger partial charge in [0.25, 0.3) is 5.91 Å². The summed E-state index contributed by atoms with van der Waals surface area (Å²) in [6, 6.07) is 15.9. The second kappa shape index (κ2) is 8.18. The van der Waals surface area contributed by atoms with Gasteiger partial charge in [0.2, 0.25) is 0 Å². The van der Waals surface area contributed by atoms with Crippen LogP contribution < -0.4 is 10.2 Å². The number of aromatic hydroxyl groups is 1. The van der Waals surface area contributed by atoms with Crippen LogP contribution in [0.3, 0.4) is 0 Å². The minimum absolute atomic E-state index is 0.101. The monoisotopic (exact) mass is 364 g/mol. The molecule has 0 unspecified atom stereocenters. The lowest BCUT2D eigenvalue weighted by Crippen LogP contribution is -2.19. The van der Waals surface area contributed by atoms with Gasteiger partial charge in [-0.2, -0.15) is 10.2 Å². The molecule has 2 aromatic carbocycles. The molecule has 0 aliphatic carbocycles. The van der Waals surface area contributed by atoms with Gasteiger partial charge in [-0.1, -0.05) is 24.3 Å². The average molecular weight is 364 g/mol. The number of aromatic nitrogens is 2. The van der Waals surface area contributed by atoms with E-state index in [1.807, 2.05) is 31.2 Å². The molecule has 3 aromatic rings. The van der Waals surface area contributed by atoms with E-state index in [1.54, 1.807) is 37.3 Å². The number of amides is 1. The van der Waals surface area contributed by atoms with Crippen LogP contribution in [0.15, 0.2) is 59.7 Å². The minimum atomic E-state index is -0.433. The topological polar surface area (TPSA) is 99.6 Å². The quantitative estimate of drug-likeness (QED) is 0.461. The van der Waals surface area contributed by atoms with Gasteiger partial charge in [-0.25, -0.2) is 5.43 Å². The predicted octanol–water partition coefficient (Wildman–Crippen LogP) is 3.34. The van der Waals surface area contributed by atoms with E-state index < -0.39 is 5.91 Å². The van der Waals surface area contributed by atoms with Gasteiger partial charge >= 0.3 is 0 Å². The average Bonchev–Trinajstić information content (AvgIpc) is 3.17. The number of rotatable bonds is 6. The first kappa shape index (κ1) is 18.2. The molecule has 138 valence electrons. The molecule has 0 aliphatic rings. The third-order valence-corrected chi connectivity index (χ3v) is 3.90. The smallest absolute Gasteiger partial charge is 0.289 e. The Morgan fingerprint density at radius 2 is 1.96 bits per heavy atom. The number of phenolic OH excluding ortho intramolecular Hbond substituents is 1. The van der Waals surface area contributed by atoms with Gasteiger partial charge < -0.3 is 9.84 Å². The van der Waals surface area contributed by atoms with E-state index in [2.05, 4.69) is 20.7 Å². The maximum atomic E-state index is 12.3. The van der Waals surface area contributed by atoms with Crippen molar-refractivity contribution < 1.29 is 14.6 Å². The number of carbonyl (C=O) groups is 1. The van der Waals surface area contributed by atoms with Gasteiger partial charge in [0.1, 0.15) is 17.2 Å². The molecule has 1 heterocycles. The first-order chi connectivity index (χ1) is 13.1. The molecule has 0 atom stereocenters. The summed E-state index contributed by atoms with van der Waals surface area (Å²) < 4.78 is 5.60. The minimum Gasteiger partial charge on any atom is -0.507 e. The van der Waals surface area contributed by atoms with Crippen LogP contribution in [0.1, 0.15) is 29.9 Å². The van der Waals surface area contributed by atoms with Crippen molar-refractivity contribution in [1.29, 1.82) is 0 Å². The van der Waals surface area contributed by atoms with E-state index in [1.165, 1.54) is 0 Å². The number of ether oxygens (including phenoxy) is 1. The highest BCUT2D eigenvalue weighted by Gasteiger charge is 2.14. The lowest BCUT2D eigenvalue weighted by Gasteiger charge is -2.07. The van der Waals surface area contributed by atoms with Crippen molar-refractivity contribution >= 4 is 11.6 Å². The van der Waals surface area contributed by atoms with Gasteiger partial charge in [-0.15, -0.1) is 0 Å². The standard InChI is InChI=1S/C20H20N4O3/c1-3-27-19-11-7-5-9-15(19)16-12-17(23-22-16)20(26)24-21-13(2)14-8-4-6-10-18(14)25/h4-12,25H,3H2,1-2H3,(H,22,23)(H,24,26)/b21-13-. The number of H-pyrrole nitrogens is 1. The fraction of sp³-hybridized carbons (Fsp3) is 0.150. The molecule has 3 rings (SSSR count). The van der Waals surface area contributed by atoms with E-state index in [-0.39, 0.29) is 11.4 Å². The van der Waals surface area contributed by atoms with Gasteiger partial charge in [0.15, 0.2) is 0 Å². The summed E-state index contributed by atoms with van der Waals surface area (Å²) in [6.45, 7) is 4.15. The zero-order valence-electron chi connectivity index (χ0n) is 15.1. The van der Waals surface area contributed by atoms with Crippen molar-refractivity contribution in [2.24, 2.45) is 5.10 Å². The van der Waals surface area contributed by atoms with E-state index in [0.29, 0.717) is 29.3 Å². The second-order valence-electron chi connectivity index (χ2n) is 5.75. The molecule has 0 saturated carbocycles. The van der Waals surface area contributed by atoms with Crippen molar-refractivity contribution in [2.45, 2.75) is 13.8 Å². The van der Waals surface area contributed by atoms with Crippen LogP contribution >= 0.6 is 0 Å². The molecule has 0 spiro atoms. The molecule has 27 heavy (non-hydrogen) atoms. The van der Waals surface area contributed by atoms with Crippen LogP contribution in [0, 0.1) is 0 Å². The van der Waals surface area contributed by atoms with Crippen molar-refractivity contribution in [3.8, 4) is 22.8 Å². The number of nitrogens with one attached hydrogen (secondary N) is 2. The Kier molecular flexibility index (Phi) is 5.51. The number of aromatic amines is 1. The second-order valence-corrected chi connectivity index (χ2v) is 5.75. The molecule has 1 amide bonds. The van der Waals surface area contributed by atoms with Crippen LogP contribution in [0.4, 0.5) is 0 Å². The SMILES string of the molecule is CCOc1ccccc1-c1cc(C(=O)N/N=C(/C)c2ccccc2O)[nH]n1. The third-order valence-electron chi connectivity index (χ3n) is 3.90. The Balaban J connectivity index is 1.76. The Morgan fingerprint density at radius 3 is 2.74 bits per heavy atom. The molecular formula is C20H20N4O3. The number of hydrazone groups is 1. The van der Waals surface area contributed by atoms with Crippen LogP contribution in [0.25, 0.3) is 11.3 Å². The summed E-state index contributed by atoms with van der Waals surface area (Å²) in [7, 11) is 0. The summed E-state index contributed by atoms with van der Waals surface area (Å²) >= 11 is 0. The number of hydrogen-bond donors (Lipinski definition) is 3. The molecule has 3 N–H and O–H groups in total. The Hall–Kier alpha value is -3.61. The first-order valence-corrected chi connectivity index (χ1v) is 8.50. The molecule has 0 aliphatic heterocycles. The lowest BCUT2D eigenvalue weighted by molar-refractivity contribution is 0.0950. The molecular weight excluding hydrogens is 344 g/mol. The van der Waals surface area contributed by atoms with Crippen molar-refractivity contribution in [1.82, 2.24) is 15.6 Å². The van der Waals surface area contributed by atoms with Crippen LogP contribution in [0.2, 0.25) is 0 Å². The van der Waals surface area contributed by atoms with Crippen LogP contribution in [-0.2, 0) is 0 Å². The van der Waals surface area contributed by atoms with Gasteiger partial charge in [-0.3, -0.25) is 9.89 Å². The zero-order chi connectivity index (χ0) is 19.2. The Bertz CT molecular complexity index is 979. The predicted molar refractivity (Wildman–Crippen MR) is 103 cm³/mol. The van der Waals surface area contributed by atoms with Crippen molar-refractivity contribution in [3.63, 3.8) is 0 Å². The Labute approximate surface area is 156 Å². The highest BCUT2D eigenvalue weighted by Crippen LogP contribution is 2.28. The molecule has 0 saturated heterocycles. The molecule has 1 aromatic heterocycles. The van der Waals surface area contributed by atoms with E-state index in [0.717, 1.165) is 5.56 Å². The number of para-hydroxylation sites is 2. The highest BCUT2D eigenvalue weighted by molar-refractivity contribution is 6.02. The van der Waals surface area contributed by atoms with Crippen molar-refractivity contribution in [3.05, 3.63) is 65.9 Å². The summed E-state index contributed by atoms with van der Waals surface area (Å²) in [5, 5.41) is 20.8. The fourth-order valence-corrected chi connectivity index (χ4v) is 2.57. The lowest BCUT2D eigenvalue weighted by atomic mass is 10.1. The normalized spacial score (nSPS) is 11.3. The molecule has 7 heteroatoms. The summed E-state index contributed by atoms with van der Waals surface area (Å²) in [6.07, 6.45) is 0. The first-order valence-electron chi connectivity index (χ1n) is 8.50.